The van der Waals surface area contributed by atoms with Crippen LogP contribution in [0.2, 0.25) is 0 Å². The van der Waals surface area contributed by atoms with Gasteiger partial charge in [0.1, 0.15) is 11.8 Å². The van der Waals surface area contributed by atoms with Crippen LogP contribution in [0.4, 0.5) is 0 Å². The van der Waals surface area contributed by atoms with Gasteiger partial charge in [0.2, 0.25) is 0 Å². The van der Waals surface area contributed by atoms with Gasteiger partial charge in [0.05, 0.1) is 11.3 Å². The molecular formula is C13H16N4O. The zero-order chi connectivity index (χ0) is 13.1. The molecule has 5 nitrogen and oxygen atoms in total. The van der Waals surface area contributed by atoms with E-state index >= 15 is 0 Å². The van der Waals surface area contributed by atoms with Crippen LogP contribution in [0.1, 0.15) is 28.7 Å². The molecule has 0 unspecified atom stereocenters. The largest absolute Gasteiger partial charge is 0.333 e. The van der Waals surface area contributed by atoms with Crippen LogP contribution in [0.15, 0.2) is 12.1 Å². The van der Waals surface area contributed by atoms with Crippen molar-refractivity contribution in [1.82, 2.24) is 15.2 Å². The summed E-state index contributed by atoms with van der Waals surface area (Å²) in [5.41, 5.74) is 1.55. The number of piperazine rings is 1. The van der Waals surface area contributed by atoms with Crippen molar-refractivity contribution in [3.8, 4) is 6.07 Å². The molecule has 1 aromatic heterocycles. The zero-order valence-corrected chi connectivity index (χ0v) is 10.6. The Morgan fingerprint density at radius 2 is 2.39 bits per heavy atom. The third kappa shape index (κ3) is 2.34. The molecule has 1 aromatic rings. The summed E-state index contributed by atoms with van der Waals surface area (Å²) >= 11 is 0. The molecule has 1 aliphatic rings. The van der Waals surface area contributed by atoms with Crippen molar-refractivity contribution in [1.29, 1.82) is 5.26 Å². The van der Waals surface area contributed by atoms with Crippen LogP contribution in [0.3, 0.4) is 0 Å². The van der Waals surface area contributed by atoms with E-state index < -0.39 is 0 Å². The summed E-state index contributed by atoms with van der Waals surface area (Å²) in [5.74, 6) is -0.00140. The van der Waals surface area contributed by atoms with E-state index in [4.69, 9.17) is 5.26 Å². The second kappa shape index (κ2) is 5.15. The fourth-order valence-corrected chi connectivity index (χ4v) is 2.15. The fourth-order valence-electron chi connectivity index (χ4n) is 2.15. The zero-order valence-electron chi connectivity index (χ0n) is 10.6. The molecule has 1 fully saturated rings. The lowest BCUT2D eigenvalue weighted by atomic mass is 10.1. The number of nitrogens with zero attached hydrogens (tertiary/aromatic N) is 3. The Bertz CT molecular complexity index is 506. The van der Waals surface area contributed by atoms with E-state index in [0.29, 0.717) is 23.5 Å². The minimum absolute atomic E-state index is 0.00140. The maximum Gasteiger partial charge on any atom is 0.256 e. The quantitative estimate of drug-likeness (QED) is 0.789. The first-order valence-corrected chi connectivity index (χ1v) is 6.03. The fraction of sp³-hybridized carbons (Fsp3) is 0.462. The highest BCUT2D eigenvalue weighted by Crippen LogP contribution is 2.13. The Morgan fingerprint density at radius 3 is 3.00 bits per heavy atom. The van der Waals surface area contributed by atoms with Crippen LogP contribution >= 0.6 is 0 Å². The molecule has 1 aliphatic heterocycles. The Balaban J connectivity index is 2.26. The monoisotopic (exact) mass is 244 g/mol. The van der Waals surface area contributed by atoms with Gasteiger partial charge in [-0.15, -0.1) is 0 Å². The molecule has 5 heteroatoms. The Kier molecular flexibility index (Phi) is 3.58. The number of nitrogens with one attached hydrogen (secondary N) is 1. The second-order valence-electron chi connectivity index (χ2n) is 4.49. The molecule has 0 bridgehead atoms. The number of nitriles is 1. The van der Waals surface area contributed by atoms with Crippen LogP contribution in [0, 0.1) is 18.3 Å². The SMILES string of the molecule is Cc1nc(C#N)ccc1C(=O)N1CCNC[C@@H]1C. The highest BCUT2D eigenvalue weighted by atomic mass is 16.2. The molecule has 0 aromatic carbocycles. The first kappa shape index (κ1) is 12.5. The number of hydrogen-bond donors (Lipinski definition) is 1. The third-order valence-electron chi connectivity index (χ3n) is 3.19. The summed E-state index contributed by atoms with van der Waals surface area (Å²) in [6.07, 6.45) is 0. The average Bonchev–Trinajstić information content (AvgIpc) is 2.38. The second-order valence-corrected chi connectivity index (χ2v) is 4.49. The van der Waals surface area contributed by atoms with Crippen LogP contribution in [0.5, 0.6) is 0 Å². The van der Waals surface area contributed by atoms with Gasteiger partial charge in [0, 0.05) is 25.7 Å². The summed E-state index contributed by atoms with van der Waals surface area (Å²) in [6.45, 7) is 6.13. The molecule has 0 spiro atoms. The van der Waals surface area contributed by atoms with Gasteiger partial charge in [-0.05, 0) is 26.0 Å². The molecule has 94 valence electrons. The molecule has 0 radical (unpaired) electrons. The molecule has 0 aliphatic carbocycles. The van der Waals surface area contributed by atoms with E-state index in [-0.39, 0.29) is 11.9 Å². The molecular weight excluding hydrogens is 228 g/mol. The van der Waals surface area contributed by atoms with Gasteiger partial charge in [0.15, 0.2) is 0 Å². The van der Waals surface area contributed by atoms with E-state index in [9.17, 15) is 4.79 Å². The number of pyridine rings is 1. The van der Waals surface area contributed by atoms with E-state index in [1.165, 1.54) is 0 Å². The molecule has 1 saturated heterocycles. The number of amides is 1. The third-order valence-corrected chi connectivity index (χ3v) is 3.19. The predicted octanol–water partition coefficient (Wildman–Crippen LogP) is 0.696. The maximum atomic E-state index is 12.4. The minimum atomic E-state index is -0.00140. The van der Waals surface area contributed by atoms with Crippen molar-refractivity contribution < 1.29 is 4.79 Å². The number of aromatic nitrogens is 1. The van der Waals surface area contributed by atoms with Gasteiger partial charge in [-0.1, -0.05) is 0 Å². The highest BCUT2D eigenvalue weighted by molar-refractivity contribution is 5.95. The normalized spacial score (nSPS) is 19.4. The van der Waals surface area contributed by atoms with Crippen molar-refractivity contribution in [3.05, 3.63) is 29.1 Å². The predicted molar refractivity (Wildman–Crippen MR) is 67.1 cm³/mol. The number of carbonyl (C=O) groups excluding carboxylic acids is 1. The van der Waals surface area contributed by atoms with E-state index in [0.717, 1.165) is 13.1 Å². The van der Waals surface area contributed by atoms with Crippen molar-refractivity contribution >= 4 is 5.91 Å². The van der Waals surface area contributed by atoms with Crippen molar-refractivity contribution in [2.24, 2.45) is 0 Å². The summed E-state index contributed by atoms with van der Waals surface area (Å²) in [7, 11) is 0. The van der Waals surface area contributed by atoms with Crippen LogP contribution in [-0.4, -0.2) is 41.5 Å². The molecule has 18 heavy (non-hydrogen) atoms. The topological polar surface area (TPSA) is 69.0 Å². The van der Waals surface area contributed by atoms with Crippen molar-refractivity contribution in [2.45, 2.75) is 19.9 Å². The summed E-state index contributed by atoms with van der Waals surface area (Å²) in [5, 5.41) is 12.0. The molecule has 1 N–H and O–H groups in total. The maximum absolute atomic E-state index is 12.4. The van der Waals surface area contributed by atoms with Crippen LogP contribution in [0.25, 0.3) is 0 Å². The number of hydrogen-bond acceptors (Lipinski definition) is 4. The lowest BCUT2D eigenvalue weighted by Crippen LogP contribution is -2.52. The summed E-state index contributed by atoms with van der Waals surface area (Å²) in [6, 6.07) is 5.44. The van der Waals surface area contributed by atoms with Gasteiger partial charge in [0.25, 0.3) is 5.91 Å². The van der Waals surface area contributed by atoms with Crippen LogP contribution in [-0.2, 0) is 0 Å². The van der Waals surface area contributed by atoms with E-state index in [1.807, 2.05) is 17.9 Å². The summed E-state index contributed by atoms with van der Waals surface area (Å²) in [4.78, 5) is 18.4. The van der Waals surface area contributed by atoms with Gasteiger partial charge < -0.3 is 10.2 Å². The molecule has 2 heterocycles. The van der Waals surface area contributed by atoms with Crippen LogP contribution < -0.4 is 5.32 Å². The van der Waals surface area contributed by atoms with E-state index in [2.05, 4.69) is 10.3 Å². The number of rotatable bonds is 1. The lowest BCUT2D eigenvalue weighted by molar-refractivity contribution is 0.0654. The number of carbonyl (C=O) groups is 1. The first-order chi connectivity index (χ1) is 8.63. The van der Waals surface area contributed by atoms with Gasteiger partial charge in [-0.25, -0.2) is 4.98 Å². The Morgan fingerprint density at radius 1 is 1.61 bits per heavy atom. The molecule has 2 rings (SSSR count). The molecule has 0 saturated carbocycles. The van der Waals surface area contributed by atoms with Gasteiger partial charge >= 0.3 is 0 Å². The molecule has 1 amide bonds. The highest BCUT2D eigenvalue weighted by Gasteiger charge is 2.25. The lowest BCUT2D eigenvalue weighted by Gasteiger charge is -2.34. The van der Waals surface area contributed by atoms with Crippen molar-refractivity contribution in [2.75, 3.05) is 19.6 Å². The number of aryl methyl sites for hydroxylation is 1. The van der Waals surface area contributed by atoms with Gasteiger partial charge in [-0.2, -0.15) is 5.26 Å². The van der Waals surface area contributed by atoms with Crippen molar-refractivity contribution in [3.63, 3.8) is 0 Å². The average molecular weight is 244 g/mol. The standard InChI is InChI=1S/C13H16N4O/c1-9-8-15-5-6-17(9)13(18)12-4-3-11(7-14)16-10(12)2/h3-4,9,15H,5-6,8H2,1-2H3/t9-/m0/s1. The van der Waals surface area contributed by atoms with Gasteiger partial charge in [-0.3, -0.25) is 4.79 Å². The smallest absolute Gasteiger partial charge is 0.256 e. The summed E-state index contributed by atoms with van der Waals surface area (Å²) < 4.78 is 0. The Labute approximate surface area is 106 Å². The van der Waals surface area contributed by atoms with E-state index in [1.54, 1.807) is 19.1 Å². The minimum Gasteiger partial charge on any atom is -0.333 e. The Hall–Kier alpha value is -1.93. The molecule has 1 atom stereocenters. The first-order valence-electron chi connectivity index (χ1n) is 6.03.